The molecule has 6 heteroatoms. The third-order valence-corrected chi connectivity index (χ3v) is 3.87. The molecule has 0 heterocycles. The van der Waals surface area contributed by atoms with Gasteiger partial charge in [0.05, 0.1) is 18.7 Å². The number of hydrogen-bond acceptors (Lipinski definition) is 5. The van der Waals surface area contributed by atoms with Crippen molar-refractivity contribution >= 4 is 11.9 Å². The van der Waals surface area contributed by atoms with Gasteiger partial charge in [-0.25, -0.2) is 4.79 Å². The highest BCUT2D eigenvalue weighted by Crippen LogP contribution is 2.17. The van der Waals surface area contributed by atoms with Gasteiger partial charge in [0.2, 0.25) is 0 Å². The first kappa shape index (κ1) is 19.2. The van der Waals surface area contributed by atoms with E-state index in [1.165, 1.54) is 14.2 Å². The lowest BCUT2D eigenvalue weighted by atomic mass is 10.0. The number of ether oxygens (including phenoxy) is 2. The van der Waals surface area contributed by atoms with Gasteiger partial charge in [0.15, 0.2) is 6.10 Å². The molecule has 134 valence electrons. The molecule has 2 aromatic carbocycles. The predicted molar refractivity (Wildman–Crippen MR) is 95.0 cm³/mol. The minimum absolute atomic E-state index is 0.207. The average Bonchev–Trinajstić information content (AvgIpc) is 2.68. The van der Waals surface area contributed by atoms with E-state index < -0.39 is 24.0 Å². The molecule has 2 atom stereocenters. The Bertz CT molecular complexity index is 799. The van der Waals surface area contributed by atoms with E-state index in [-0.39, 0.29) is 6.42 Å². The summed E-state index contributed by atoms with van der Waals surface area (Å²) in [7, 11) is 2.69. The highest BCUT2D eigenvalue weighted by Gasteiger charge is 2.27. The van der Waals surface area contributed by atoms with E-state index in [9.17, 15) is 9.59 Å². The molecule has 6 nitrogen and oxygen atoms in total. The van der Waals surface area contributed by atoms with Crippen LogP contribution >= 0.6 is 0 Å². The Hall–Kier alpha value is -3.17. The quantitative estimate of drug-likeness (QED) is 0.771. The highest BCUT2D eigenvalue weighted by molar-refractivity contribution is 5.87. The van der Waals surface area contributed by atoms with E-state index >= 15 is 0 Å². The number of nitriles is 1. The number of hydrogen-bond donors (Lipinski definition) is 1. The van der Waals surface area contributed by atoms with Gasteiger partial charge in [-0.3, -0.25) is 4.79 Å². The van der Waals surface area contributed by atoms with E-state index in [4.69, 9.17) is 14.7 Å². The normalized spacial score (nSPS) is 12.5. The zero-order valence-corrected chi connectivity index (χ0v) is 14.6. The third-order valence-electron chi connectivity index (χ3n) is 3.87. The Labute approximate surface area is 152 Å². The zero-order chi connectivity index (χ0) is 18.9. The third kappa shape index (κ3) is 4.91. The molecule has 0 radical (unpaired) electrons. The van der Waals surface area contributed by atoms with E-state index in [1.807, 2.05) is 12.1 Å². The van der Waals surface area contributed by atoms with Crippen molar-refractivity contribution in [3.05, 3.63) is 71.3 Å². The minimum atomic E-state index is -0.886. The van der Waals surface area contributed by atoms with Crippen LogP contribution in [0.25, 0.3) is 0 Å². The fraction of sp³-hybridized carbons (Fsp3) is 0.250. The molecule has 0 aliphatic heterocycles. The van der Waals surface area contributed by atoms with Crippen LogP contribution < -0.4 is 5.32 Å². The molecule has 0 aliphatic carbocycles. The number of carbonyl (C=O) groups excluding carboxylic acids is 2. The summed E-state index contributed by atoms with van der Waals surface area (Å²) in [6.45, 7) is 0. The maximum Gasteiger partial charge on any atom is 0.328 e. The van der Waals surface area contributed by atoms with Gasteiger partial charge < -0.3 is 14.8 Å². The van der Waals surface area contributed by atoms with E-state index in [2.05, 4.69) is 5.32 Å². The summed E-state index contributed by atoms with van der Waals surface area (Å²) in [5.74, 6) is -1.01. The van der Waals surface area contributed by atoms with Crippen molar-refractivity contribution in [2.75, 3.05) is 14.2 Å². The fourth-order valence-electron chi connectivity index (χ4n) is 2.61. The van der Waals surface area contributed by atoms with Gasteiger partial charge in [0, 0.05) is 13.5 Å². The van der Waals surface area contributed by atoms with Crippen molar-refractivity contribution in [3.63, 3.8) is 0 Å². The summed E-state index contributed by atoms with van der Waals surface area (Å²) >= 11 is 0. The smallest absolute Gasteiger partial charge is 0.328 e. The van der Waals surface area contributed by atoms with Crippen LogP contribution in [-0.2, 0) is 25.5 Å². The maximum atomic E-state index is 12.6. The lowest BCUT2D eigenvalue weighted by Crippen LogP contribution is -2.45. The molecule has 2 aromatic rings. The first-order valence-corrected chi connectivity index (χ1v) is 8.04. The largest absolute Gasteiger partial charge is 0.467 e. The summed E-state index contributed by atoms with van der Waals surface area (Å²) in [4.78, 5) is 24.7. The topological polar surface area (TPSA) is 88.4 Å². The van der Waals surface area contributed by atoms with E-state index in [0.29, 0.717) is 11.1 Å². The van der Waals surface area contributed by atoms with Crippen LogP contribution in [0.2, 0.25) is 0 Å². The van der Waals surface area contributed by atoms with Gasteiger partial charge in [0.1, 0.15) is 6.04 Å². The van der Waals surface area contributed by atoms with Crippen molar-refractivity contribution < 1.29 is 19.1 Å². The lowest BCUT2D eigenvalue weighted by Gasteiger charge is -2.21. The van der Waals surface area contributed by atoms with Crippen LogP contribution in [0.3, 0.4) is 0 Å². The van der Waals surface area contributed by atoms with Crippen LogP contribution in [-0.4, -0.2) is 32.1 Å². The van der Waals surface area contributed by atoms with Crippen molar-refractivity contribution in [2.45, 2.75) is 18.6 Å². The molecule has 0 saturated heterocycles. The second-order valence-electron chi connectivity index (χ2n) is 5.63. The average molecular weight is 352 g/mol. The van der Waals surface area contributed by atoms with Gasteiger partial charge in [-0.05, 0) is 23.3 Å². The Morgan fingerprint density at radius 3 is 2.46 bits per heavy atom. The number of carbonyl (C=O) groups is 2. The maximum absolute atomic E-state index is 12.6. The Morgan fingerprint density at radius 1 is 1.12 bits per heavy atom. The SMILES string of the molecule is COC(=O)[C@H](Cc1cccc(C#N)c1)NC(=O)[C@@H](OC)c1ccccc1. The molecule has 0 bridgehead atoms. The molecular weight excluding hydrogens is 332 g/mol. The fourth-order valence-corrected chi connectivity index (χ4v) is 2.61. The molecule has 1 N–H and O–H groups in total. The summed E-state index contributed by atoms with van der Waals surface area (Å²) in [5.41, 5.74) is 1.91. The van der Waals surface area contributed by atoms with Gasteiger partial charge in [0.25, 0.3) is 5.91 Å². The van der Waals surface area contributed by atoms with E-state index in [0.717, 1.165) is 5.56 Å². The summed E-state index contributed by atoms with van der Waals surface area (Å²) in [6, 6.07) is 17.0. The zero-order valence-electron chi connectivity index (χ0n) is 14.6. The molecule has 0 aromatic heterocycles. The lowest BCUT2D eigenvalue weighted by molar-refractivity contribution is -0.146. The molecule has 0 fully saturated rings. The number of rotatable bonds is 7. The summed E-state index contributed by atoms with van der Waals surface area (Å²) in [6.07, 6.45) is -0.632. The van der Waals surface area contributed by atoms with E-state index in [1.54, 1.807) is 48.5 Å². The highest BCUT2D eigenvalue weighted by atomic mass is 16.5. The number of nitrogens with zero attached hydrogens (tertiary/aromatic N) is 1. The number of amides is 1. The van der Waals surface area contributed by atoms with Crippen molar-refractivity contribution in [1.82, 2.24) is 5.32 Å². The number of benzene rings is 2. The first-order chi connectivity index (χ1) is 12.6. The molecule has 2 rings (SSSR count). The second-order valence-corrected chi connectivity index (χ2v) is 5.63. The molecule has 0 saturated carbocycles. The Balaban J connectivity index is 2.17. The second kappa shape index (κ2) is 9.35. The van der Waals surface area contributed by atoms with Gasteiger partial charge in [-0.1, -0.05) is 42.5 Å². The summed E-state index contributed by atoms with van der Waals surface area (Å²) < 4.78 is 10.1. The standard InChI is InChI=1S/C20H20N2O4/c1-25-18(16-9-4-3-5-10-16)19(23)22-17(20(24)26-2)12-14-7-6-8-15(11-14)13-21/h3-11,17-18H,12H2,1-2H3,(H,22,23)/t17-,18-/m0/s1. The molecule has 26 heavy (non-hydrogen) atoms. The molecule has 0 aliphatic rings. The van der Waals surface area contributed by atoms with Crippen LogP contribution in [0.1, 0.15) is 22.8 Å². The number of methoxy groups -OCH3 is 2. The monoisotopic (exact) mass is 352 g/mol. The van der Waals surface area contributed by atoms with Crippen molar-refractivity contribution in [3.8, 4) is 6.07 Å². The number of nitrogens with one attached hydrogen (secondary N) is 1. The van der Waals surface area contributed by atoms with Crippen molar-refractivity contribution in [1.29, 1.82) is 5.26 Å². The Morgan fingerprint density at radius 2 is 1.85 bits per heavy atom. The minimum Gasteiger partial charge on any atom is -0.467 e. The predicted octanol–water partition coefficient (Wildman–Crippen LogP) is 2.15. The van der Waals surface area contributed by atoms with Crippen LogP contribution in [0.15, 0.2) is 54.6 Å². The van der Waals surface area contributed by atoms with Crippen LogP contribution in [0.5, 0.6) is 0 Å². The number of esters is 1. The molecule has 0 spiro atoms. The van der Waals surface area contributed by atoms with Crippen LogP contribution in [0.4, 0.5) is 0 Å². The van der Waals surface area contributed by atoms with Gasteiger partial charge in [-0.15, -0.1) is 0 Å². The molecular formula is C20H20N2O4. The van der Waals surface area contributed by atoms with Gasteiger partial charge >= 0.3 is 5.97 Å². The first-order valence-electron chi connectivity index (χ1n) is 8.04. The molecule has 1 amide bonds. The van der Waals surface area contributed by atoms with Crippen molar-refractivity contribution in [2.24, 2.45) is 0 Å². The molecule has 0 unspecified atom stereocenters. The Kier molecular flexibility index (Phi) is 6.89. The summed E-state index contributed by atoms with van der Waals surface area (Å²) in [5, 5.41) is 11.7. The van der Waals surface area contributed by atoms with Crippen LogP contribution in [0, 0.1) is 11.3 Å². The van der Waals surface area contributed by atoms with Gasteiger partial charge in [-0.2, -0.15) is 5.26 Å².